The van der Waals surface area contributed by atoms with Crippen molar-refractivity contribution < 1.29 is 23.1 Å². The molecule has 3 N–H and O–H groups in total. The van der Waals surface area contributed by atoms with E-state index in [1.807, 2.05) is 6.07 Å². The van der Waals surface area contributed by atoms with Gasteiger partial charge in [-0.05, 0) is 6.08 Å². The van der Waals surface area contributed by atoms with Crippen LogP contribution in [-0.4, -0.2) is 24.5 Å². The van der Waals surface area contributed by atoms with Crippen molar-refractivity contribution in [3.8, 4) is 6.07 Å². The average molecular weight is 384 g/mol. The van der Waals surface area contributed by atoms with Gasteiger partial charge in [0.1, 0.15) is 30.1 Å². The Kier molecular flexibility index (Phi) is 4.47. The molecule has 3 heterocycles. The van der Waals surface area contributed by atoms with Crippen molar-refractivity contribution in [3.05, 3.63) is 71.1 Å². The van der Waals surface area contributed by atoms with Crippen LogP contribution in [0.25, 0.3) is 0 Å². The molecule has 3 aliphatic heterocycles. The molecule has 1 saturated heterocycles. The molecule has 2 amide bonds. The molecule has 4 aliphatic rings. The average Bonchev–Trinajstić information content (AvgIpc) is 3.08. The van der Waals surface area contributed by atoms with E-state index in [-0.39, 0.29) is 24.3 Å². The number of amides is 2. The number of hydrogen-bond donors (Lipinski definition) is 3. The summed E-state index contributed by atoms with van der Waals surface area (Å²) in [6.07, 6.45) is 6.27. The highest BCUT2D eigenvalue weighted by molar-refractivity contribution is 6.01. The fourth-order valence-electron chi connectivity index (χ4n) is 3.27. The van der Waals surface area contributed by atoms with Crippen molar-refractivity contribution in [1.29, 1.82) is 5.26 Å². The first kappa shape index (κ1) is 18.0. The zero-order valence-corrected chi connectivity index (χ0v) is 14.4. The van der Waals surface area contributed by atoms with Crippen molar-refractivity contribution in [2.75, 3.05) is 6.61 Å². The first-order valence-electron chi connectivity index (χ1n) is 8.46. The van der Waals surface area contributed by atoms with E-state index >= 15 is 0 Å². The molecule has 0 bridgehead atoms. The summed E-state index contributed by atoms with van der Waals surface area (Å²) in [7, 11) is 0. The smallest absolute Gasteiger partial charge is 0.251 e. The molecule has 1 aliphatic carbocycles. The molecule has 2 radical (unpaired) electrons. The number of fused-ring (bicyclic) bond motifs is 2. The minimum atomic E-state index is -1.04. The number of carbonyl (C=O) groups is 2. The molecule has 2 atom stereocenters. The van der Waals surface area contributed by atoms with Gasteiger partial charge in [0.25, 0.3) is 5.91 Å². The van der Waals surface area contributed by atoms with Gasteiger partial charge >= 0.3 is 0 Å². The number of carbonyl (C=O) groups excluding carboxylic acids is 2. The van der Waals surface area contributed by atoms with E-state index in [0.717, 1.165) is 6.42 Å². The molecule has 142 valence electrons. The van der Waals surface area contributed by atoms with E-state index in [2.05, 4.69) is 16.0 Å². The first-order valence-corrected chi connectivity index (χ1v) is 8.46. The first-order chi connectivity index (χ1) is 13.5. The number of hydrogen-bond acceptors (Lipinski definition) is 5. The predicted molar refractivity (Wildman–Crippen MR) is 92.0 cm³/mol. The van der Waals surface area contributed by atoms with Crippen molar-refractivity contribution in [3.63, 3.8) is 0 Å². The summed E-state index contributed by atoms with van der Waals surface area (Å²) in [6.45, 7) is 0.172. The van der Waals surface area contributed by atoms with Crippen molar-refractivity contribution in [2.45, 2.75) is 12.5 Å². The molecule has 0 saturated carbocycles. The van der Waals surface area contributed by atoms with E-state index in [9.17, 15) is 18.4 Å². The lowest BCUT2D eigenvalue weighted by Crippen LogP contribution is -2.44. The third kappa shape index (κ3) is 3.17. The number of halogens is 2. The predicted octanol–water partition coefficient (Wildman–Crippen LogP) is 1.24. The number of ether oxygens (including phenoxy) is 1. The van der Waals surface area contributed by atoms with Crippen LogP contribution >= 0.6 is 0 Å². The van der Waals surface area contributed by atoms with E-state index in [0.29, 0.717) is 17.4 Å². The van der Waals surface area contributed by atoms with Gasteiger partial charge in [-0.25, -0.2) is 8.78 Å². The standard InChI is InChI=1S/C19H14F2N4O3/c20-12-1-2-13-11(17(12)21)4-10(19(27)25-13)5-16(26)24-14-8-28-15-3-9(6-22)7-23-18(14)15/h1-4,7,11,14,23H,5,8H2,(H,24,26)(H,25,27)/t11?,14-/m1/s1. The zero-order chi connectivity index (χ0) is 19.8. The maximum absolute atomic E-state index is 14.0. The summed E-state index contributed by atoms with van der Waals surface area (Å²) in [5.41, 5.74) is 0.673. The Morgan fingerprint density at radius 1 is 1.43 bits per heavy atom. The van der Waals surface area contributed by atoms with E-state index in [1.54, 1.807) is 6.08 Å². The number of nitriles is 1. The van der Waals surface area contributed by atoms with Gasteiger partial charge < -0.3 is 20.7 Å². The topological polar surface area (TPSA) is 103 Å². The zero-order valence-electron chi connectivity index (χ0n) is 14.4. The molecule has 1 unspecified atom stereocenters. The Hall–Kier alpha value is -3.41. The Balaban J connectivity index is 1.43. The quantitative estimate of drug-likeness (QED) is 0.680. The highest BCUT2D eigenvalue weighted by Crippen LogP contribution is 2.35. The van der Waals surface area contributed by atoms with Crippen LogP contribution < -0.4 is 16.0 Å². The molecule has 28 heavy (non-hydrogen) atoms. The summed E-state index contributed by atoms with van der Waals surface area (Å²) in [4.78, 5) is 24.6. The van der Waals surface area contributed by atoms with Gasteiger partial charge in [0, 0.05) is 23.9 Å². The highest BCUT2D eigenvalue weighted by atomic mass is 19.2. The Morgan fingerprint density at radius 3 is 3.04 bits per heavy atom. The molecule has 0 aromatic carbocycles. The second-order valence-electron chi connectivity index (χ2n) is 6.49. The second-order valence-corrected chi connectivity index (χ2v) is 6.49. The van der Waals surface area contributed by atoms with Gasteiger partial charge in [0.2, 0.25) is 5.91 Å². The Morgan fingerprint density at radius 2 is 2.25 bits per heavy atom. The van der Waals surface area contributed by atoms with Crippen LogP contribution in [0, 0.1) is 29.7 Å². The van der Waals surface area contributed by atoms with Crippen LogP contribution in [0.4, 0.5) is 8.78 Å². The van der Waals surface area contributed by atoms with Gasteiger partial charge in [-0.3, -0.25) is 9.59 Å². The molecule has 7 nitrogen and oxygen atoms in total. The van der Waals surface area contributed by atoms with Crippen molar-refractivity contribution in [1.82, 2.24) is 16.0 Å². The molecular weight excluding hydrogens is 370 g/mol. The van der Waals surface area contributed by atoms with Crippen LogP contribution in [0.3, 0.4) is 0 Å². The van der Waals surface area contributed by atoms with Gasteiger partial charge in [-0.2, -0.15) is 5.26 Å². The number of rotatable bonds is 3. The summed E-state index contributed by atoms with van der Waals surface area (Å²) in [5, 5.41) is 17.0. The molecule has 0 aromatic heterocycles. The van der Waals surface area contributed by atoms with Crippen LogP contribution in [0.2, 0.25) is 0 Å². The molecule has 4 rings (SSSR count). The fraction of sp³-hybridized carbons (Fsp3) is 0.211. The van der Waals surface area contributed by atoms with Crippen LogP contribution in [0.15, 0.2) is 58.7 Å². The van der Waals surface area contributed by atoms with Gasteiger partial charge in [0.05, 0.1) is 24.0 Å². The molecule has 9 heteroatoms. The number of nitrogens with one attached hydrogen (secondary N) is 3. The lowest BCUT2D eigenvalue weighted by Gasteiger charge is -2.27. The fourth-order valence-corrected chi connectivity index (χ4v) is 3.27. The summed E-state index contributed by atoms with van der Waals surface area (Å²) in [6, 6.07) is 2.12. The Bertz CT molecular complexity index is 955. The number of allylic oxidation sites excluding steroid dienone is 5. The van der Waals surface area contributed by atoms with Crippen molar-refractivity contribution >= 4 is 11.8 Å². The lowest BCUT2D eigenvalue weighted by molar-refractivity contribution is -0.123. The molecule has 0 spiro atoms. The van der Waals surface area contributed by atoms with Gasteiger partial charge in [0.15, 0.2) is 6.04 Å². The number of nitrogens with zero attached hydrogens (tertiary/aromatic N) is 1. The summed E-state index contributed by atoms with van der Waals surface area (Å²) in [5.74, 6) is -3.59. The Labute approximate surface area is 159 Å². The van der Waals surface area contributed by atoms with Gasteiger partial charge in [-0.15, -0.1) is 0 Å². The molecule has 0 aromatic rings. The largest absolute Gasteiger partial charge is 0.493 e. The normalized spacial score (nSPS) is 26.2. The van der Waals surface area contributed by atoms with E-state index < -0.39 is 35.4 Å². The van der Waals surface area contributed by atoms with Gasteiger partial charge in [-0.1, -0.05) is 12.2 Å². The summed E-state index contributed by atoms with van der Waals surface area (Å²) >= 11 is 0. The summed E-state index contributed by atoms with van der Waals surface area (Å²) < 4.78 is 32.9. The molecular formula is C19H14F2N4O3. The van der Waals surface area contributed by atoms with E-state index in [1.165, 1.54) is 18.4 Å². The third-order valence-electron chi connectivity index (χ3n) is 4.67. The maximum atomic E-state index is 14.0. The molecule has 1 fully saturated rings. The SMILES string of the molecule is N#CC1=CN[C]2C(=C1)OC[C@H]2NC(=O)CC1=CC2C(=C[CH]C(F)=C2F)NC1=O. The minimum Gasteiger partial charge on any atom is -0.493 e. The van der Waals surface area contributed by atoms with E-state index in [4.69, 9.17) is 10.00 Å². The lowest BCUT2D eigenvalue weighted by atomic mass is 9.90. The highest BCUT2D eigenvalue weighted by Gasteiger charge is 2.38. The van der Waals surface area contributed by atoms with Crippen LogP contribution in [0.1, 0.15) is 6.42 Å². The minimum absolute atomic E-state index is 0.0486. The number of dihydropyridines is 1. The second kappa shape index (κ2) is 6.96. The monoisotopic (exact) mass is 384 g/mol. The van der Waals surface area contributed by atoms with Crippen LogP contribution in [-0.2, 0) is 14.3 Å². The maximum Gasteiger partial charge on any atom is 0.251 e. The van der Waals surface area contributed by atoms with Crippen LogP contribution in [0.5, 0.6) is 0 Å². The third-order valence-corrected chi connectivity index (χ3v) is 4.67. The van der Waals surface area contributed by atoms with Crippen molar-refractivity contribution in [2.24, 2.45) is 5.92 Å².